The zero-order valence-electron chi connectivity index (χ0n) is 12.1. The molecule has 0 spiro atoms. The Bertz CT molecular complexity index is 700. The van der Waals surface area contributed by atoms with Crippen LogP contribution in [0, 0.1) is 10.1 Å². The number of aldehydes is 1. The van der Waals surface area contributed by atoms with E-state index >= 15 is 0 Å². The summed E-state index contributed by atoms with van der Waals surface area (Å²) in [6, 6.07) is 7.57. The molecule has 0 aliphatic carbocycles. The van der Waals surface area contributed by atoms with Gasteiger partial charge in [-0.15, -0.1) is 11.3 Å². The van der Waals surface area contributed by atoms with Gasteiger partial charge in [-0.2, -0.15) is 0 Å². The van der Waals surface area contributed by atoms with Crippen molar-refractivity contribution < 1.29 is 19.2 Å². The van der Waals surface area contributed by atoms with Crippen LogP contribution in [0.2, 0.25) is 0 Å². The molecular formula is C15H14N2O5S. The molecule has 1 aromatic heterocycles. The maximum absolute atomic E-state index is 11.7. The van der Waals surface area contributed by atoms with E-state index in [0.29, 0.717) is 12.8 Å². The molecule has 0 saturated carbocycles. The minimum atomic E-state index is -0.603. The molecule has 0 unspecified atom stereocenters. The van der Waals surface area contributed by atoms with Gasteiger partial charge in [0.1, 0.15) is 5.75 Å². The van der Waals surface area contributed by atoms with Gasteiger partial charge in [0.2, 0.25) is 0 Å². The van der Waals surface area contributed by atoms with Crippen molar-refractivity contribution >= 4 is 29.2 Å². The van der Waals surface area contributed by atoms with E-state index in [4.69, 9.17) is 4.74 Å². The van der Waals surface area contributed by atoms with Gasteiger partial charge in [-0.1, -0.05) is 6.07 Å². The molecule has 0 atom stereocenters. The van der Waals surface area contributed by atoms with Crippen LogP contribution < -0.4 is 10.1 Å². The van der Waals surface area contributed by atoms with Crippen LogP contribution in [0.3, 0.4) is 0 Å². The Morgan fingerprint density at radius 2 is 2.22 bits per heavy atom. The number of nitrogens with zero attached hydrogens (tertiary/aromatic N) is 1. The van der Waals surface area contributed by atoms with E-state index in [9.17, 15) is 19.7 Å². The third kappa shape index (κ3) is 4.89. The van der Waals surface area contributed by atoms with Gasteiger partial charge in [-0.05, 0) is 23.9 Å². The molecule has 0 aliphatic rings. The fraction of sp³-hybridized carbons (Fsp3) is 0.200. The Kier molecular flexibility index (Phi) is 5.81. The molecule has 0 aliphatic heterocycles. The first-order chi connectivity index (χ1) is 11.1. The highest BCUT2D eigenvalue weighted by Gasteiger charge is 2.12. The molecule has 120 valence electrons. The Hall–Kier alpha value is -2.74. The van der Waals surface area contributed by atoms with Gasteiger partial charge in [0.25, 0.3) is 11.6 Å². The predicted octanol–water partition coefficient (Wildman–Crippen LogP) is 2.21. The van der Waals surface area contributed by atoms with Crippen LogP contribution in [0.4, 0.5) is 5.69 Å². The number of benzene rings is 1. The lowest BCUT2D eigenvalue weighted by Gasteiger charge is -2.08. The van der Waals surface area contributed by atoms with E-state index in [1.807, 2.05) is 17.5 Å². The van der Waals surface area contributed by atoms with Crippen LogP contribution in [0.25, 0.3) is 0 Å². The van der Waals surface area contributed by atoms with Gasteiger partial charge in [0.15, 0.2) is 12.9 Å². The number of thiophene rings is 1. The van der Waals surface area contributed by atoms with Crippen molar-refractivity contribution in [3.8, 4) is 5.75 Å². The summed E-state index contributed by atoms with van der Waals surface area (Å²) in [5, 5.41) is 15.3. The minimum Gasteiger partial charge on any atom is -0.483 e. The molecule has 1 aromatic carbocycles. The average Bonchev–Trinajstić information content (AvgIpc) is 3.06. The third-order valence-electron chi connectivity index (χ3n) is 2.96. The van der Waals surface area contributed by atoms with Crippen molar-refractivity contribution in [3.63, 3.8) is 0 Å². The number of nitro groups is 1. The fourth-order valence-electron chi connectivity index (χ4n) is 1.85. The zero-order chi connectivity index (χ0) is 16.7. The number of rotatable bonds is 8. The first kappa shape index (κ1) is 16.6. The fourth-order valence-corrected chi connectivity index (χ4v) is 2.56. The van der Waals surface area contributed by atoms with E-state index in [1.165, 1.54) is 17.0 Å². The lowest BCUT2D eigenvalue weighted by molar-refractivity contribution is -0.384. The molecule has 7 nitrogen and oxygen atoms in total. The summed E-state index contributed by atoms with van der Waals surface area (Å²) in [4.78, 5) is 33.9. The summed E-state index contributed by atoms with van der Waals surface area (Å²) in [7, 11) is 0. The van der Waals surface area contributed by atoms with Crippen molar-refractivity contribution in [1.82, 2.24) is 5.32 Å². The molecule has 1 heterocycles. The third-order valence-corrected chi connectivity index (χ3v) is 3.90. The van der Waals surface area contributed by atoms with E-state index in [0.717, 1.165) is 12.5 Å². The van der Waals surface area contributed by atoms with Crippen LogP contribution in [-0.4, -0.2) is 30.3 Å². The second-order valence-electron chi connectivity index (χ2n) is 4.57. The minimum absolute atomic E-state index is 0.0329. The van der Waals surface area contributed by atoms with Gasteiger partial charge in [0.05, 0.1) is 10.5 Å². The number of nitrogens with one attached hydrogen (secondary N) is 1. The Labute approximate surface area is 136 Å². The number of hydrogen-bond donors (Lipinski definition) is 1. The molecule has 2 rings (SSSR count). The summed E-state index contributed by atoms with van der Waals surface area (Å²) in [5.41, 5.74) is -0.176. The number of ether oxygens (including phenoxy) is 1. The van der Waals surface area contributed by atoms with Gasteiger partial charge >= 0.3 is 0 Å². The van der Waals surface area contributed by atoms with E-state index in [2.05, 4.69) is 5.32 Å². The molecule has 0 bridgehead atoms. The molecule has 0 fully saturated rings. The molecule has 0 saturated heterocycles. The first-order valence-corrected chi connectivity index (χ1v) is 7.63. The van der Waals surface area contributed by atoms with E-state index in [-0.39, 0.29) is 29.5 Å². The molecule has 1 amide bonds. The monoisotopic (exact) mass is 334 g/mol. The van der Waals surface area contributed by atoms with Crippen LogP contribution >= 0.6 is 11.3 Å². The standard InChI is InChI=1S/C15H14N2O5S/c18-9-11-8-12(17(20)21)3-4-14(11)22-10-15(19)16-6-5-13-2-1-7-23-13/h1-4,7-9H,5-6,10H2,(H,16,19). The number of carbonyl (C=O) groups is 2. The highest BCUT2D eigenvalue weighted by Crippen LogP contribution is 2.22. The predicted molar refractivity (Wildman–Crippen MR) is 85.0 cm³/mol. The van der Waals surface area contributed by atoms with Crippen molar-refractivity contribution in [1.29, 1.82) is 0 Å². The second kappa shape index (κ2) is 8.04. The summed E-state index contributed by atoms with van der Waals surface area (Å²) in [5.74, 6) is -0.184. The van der Waals surface area contributed by atoms with Crippen molar-refractivity contribution in [3.05, 3.63) is 56.3 Å². The van der Waals surface area contributed by atoms with Crippen LogP contribution in [-0.2, 0) is 11.2 Å². The van der Waals surface area contributed by atoms with E-state index in [1.54, 1.807) is 11.3 Å². The lowest BCUT2D eigenvalue weighted by atomic mass is 10.2. The Morgan fingerprint density at radius 3 is 2.87 bits per heavy atom. The van der Waals surface area contributed by atoms with Gasteiger partial charge in [0, 0.05) is 23.6 Å². The van der Waals surface area contributed by atoms with Crippen LogP contribution in [0.15, 0.2) is 35.7 Å². The highest BCUT2D eigenvalue weighted by molar-refractivity contribution is 7.09. The smallest absolute Gasteiger partial charge is 0.270 e. The number of hydrogen-bond acceptors (Lipinski definition) is 6. The maximum Gasteiger partial charge on any atom is 0.270 e. The first-order valence-electron chi connectivity index (χ1n) is 6.75. The molecule has 1 N–H and O–H groups in total. The summed E-state index contributed by atoms with van der Waals surface area (Å²) in [6.07, 6.45) is 1.19. The quantitative estimate of drug-likeness (QED) is 0.453. The molecule has 8 heteroatoms. The number of carbonyl (C=O) groups excluding carboxylic acids is 2. The van der Waals surface area contributed by atoms with Crippen LogP contribution in [0.1, 0.15) is 15.2 Å². The summed E-state index contributed by atoms with van der Waals surface area (Å²) < 4.78 is 5.25. The average molecular weight is 334 g/mol. The van der Waals surface area contributed by atoms with Gasteiger partial charge in [-0.3, -0.25) is 19.7 Å². The summed E-state index contributed by atoms with van der Waals surface area (Å²) >= 11 is 1.62. The lowest BCUT2D eigenvalue weighted by Crippen LogP contribution is -2.30. The SMILES string of the molecule is O=Cc1cc([N+](=O)[O-])ccc1OCC(=O)NCCc1cccs1. The van der Waals surface area contributed by atoms with Gasteiger partial charge in [-0.25, -0.2) is 0 Å². The number of amides is 1. The highest BCUT2D eigenvalue weighted by atomic mass is 32.1. The maximum atomic E-state index is 11.7. The normalized spacial score (nSPS) is 10.1. The molecule has 0 radical (unpaired) electrons. The summed E-state index contributed by atoms with van der Waals surface area (Å²) in [6.45, 7) is 0.229. The van der Waals surface area contributed by atoms with Crippen molar-refractivity contribution in [2.45, 2.75) is 6.42 Å². The Morgan fingerprint density at radius 1 is 1.39 bits per heavy atom. The molecular weight excluding hydrogens is 320 g/mol. The number of non-ortho nitro benzene ring substituents is 1. The van der Waals surface area contributed by atoms with Crippen molar-refractivity contribution in [2.24, 2.45) is 0 Å². The second-order valence-corrected chi connectivity index (χ2v) is 5.60. The van der Waals surface area contributed by atoms with Gasteiger partial charge < -0.3 is 10.1 Å². The topological polar surface area (TPSA) is 98.5 Å². The molecule has 23 heavy (non-hydrogen) atoms. The van der Waals surface area contributed by atoms with Crippen molar-refractivity contribution in [2.75, 3.05) is 13.2 Å². The van der Waals surface area contributed by atoms with Crippen LogP contribution in [0.5, 0.6) is 5.75 Å². The largest absolute Gasteiger partial charge is 0.483 e. The zero-order valence-corrected chi connectivity index (χ0v) is 12.9. The Balaban J connectivity index is 1.83. The molecule has 2 aromatic rings. The van der Waals surface area contributed by atoms with E-state index < -0.39 is 4.92 Å². The number of nitro benzene ring substituents is 1.